The molecule has 0 amide bonds. The van der Waals surface area contributed by atoms with E-state index in [4.69, 9.17) is 18.9 Å². The fraction of sp³-hybridized carbons (Fsp3) is 0.500. The number of ether oxygens (including phenoxy) is 4. The van der Waals surface area contributed by atoms with Crippen LogP contribution in [0.15, 0.2) is 36.4 Å². The van der Waals surface area contributed by atoms with Crippen molar-refractivity contribution in [2.75, 3.05) is 28.4 Å². The maximum absolute atomic E-state index is 12.2. The molecule has 2 rings (SSSR count). The number of aliphatic hydroxyl groups is 1. The molecule has 0 saturated carbocycles. The van der Waals surface area contributed by atoms with E-state index in [9.17, 15) is 20.5 Å². The van der Waals surface area contributed by atoms with Crippen molar-refractivity contribution in [2.45, 2.75) is 50.7 Å². The summed E-state index contributed by atoms with van der Waals surface area (Å²) in [5, 5.41) is 32.9. The molecular formula is C26H34N2O7. The largest absolute Gasteiger partial charge is 0.493 e. The zero-order valence-electron chi connectivity index (χ0n) is 21.1. The molecule has 9 heteroatoms. The molecule has 2 aromatic rings. The molecule has 0 aliphatic rings. The predicted octanol–water partition coefficient (Wildman–Crippen LogP) is 4.55. The molecule has 9 nitrogen and oxygen atoms in total. The average Bonchev–Trinajstić information content (AvgIpc) is 2.86. The lowest BCUT2D eigenvalue weighted by Crippen LogP contribution is -2.41. The number of nitro groups is 1. The van der Waals surface area contributed by atoms with Crippen LogP contribution in [-0.2, 0) is 0 Å². The highest BCUT2D eigenvalue weighted by atomic mass is 16.6. The fourth-order valence-corrected chi connectivity index (χ4v) is 4.43. The van der Waals surface area contributed by atoms with Crippen molar-refractivity contribution in [2.24, 2.45) is 5.92 Å². The van der Waals surface area contributed by atoms with Crippen molar-refractivity contribution in [3.05, 3.63) is 57.6 Å². The van der Waals surface area contributed by atoms with Crippen LogP contribution in [0.5, 0.6) is 23.0 Å². The zero-order valence-corrected chi connectivity index (χ0v) is 21.1. The van der Waals surface area contributed by atoms with Gasteiger partial charge in [0.15, 0.2) is 23.0 Å². The molecule has 0 spiro atoms. The first-order valence-electron chi connectivity index (χ1n) is 11.4. The Morgan fingerprint density at radius 1 is 0.886 bits per heavy atom. The molecular weight excluding hydrogens is 452 g/mol. The van der Waals surface area contributed by atoms with E-state index in [0.717, 1.165) is 0 Å². The Kier molecular flexibility index (Phi) is 10.2. The van der Waals surface area contributed by atoms with Crippen LogP contribution in [0.3, 0.4) is 0 Å². The van der Waals surface area contributed by atoms with Crippen LogP contribution in [0.4, 0.5) is 0 Å². The minimum Gasteiger partial charge on any atom is -0.493 e. The molecule has 0 bridgehead atoms. The van der Waals surface area contributed by atoms with Crippen LogP contribution in [0, 0.1) is 27.4 Å². The molecule has 0 aliphatic heterocycles. The van der Waals surface area contributed by atoms with E-state index in [1.165, 1.54) is 28.4 Å². The minimum absolute atomic E-state index is 0.0781. The third kappa shape index (κ3) is 6.55. The van der Waals surface area contributed by atoms with E-state index in [2.05, 4.69) is 6.07 Å². The summed E-state index contributed by atoms with van der Waals surface area (Å²) in [6.45, 7) is 3.76. The number of methoxy groups -OCH3 is 4. The van der Waals surface area contributed by atoms with Crippen LogP contribution in [-0.4, -0.2) is 50.6 Å². The SMILES string of the molecule is COc1ccc(C(C#N)CCC(O)C(C(c2ccc(OC)c(OC)c2)C(C)C)[N+](=O)[O-])cc1OC. The molecule has 2 aromatic carbocycles. The molecule has 190 valence electrons. The summed E-state index contributed by atoms with van der Waals surface area (Å²) in [7, 11) is 6.05. The van der Waals surface area contributed by atoms with E-state index in [1.54, 1.807) is 36.4 Å². The average molecular weight is 487 g/mol. The fourth-order valence-electron chi connectivity index (χ4n) is 4.43. The van der Waals surface area contributed by atoms with Crippen LogP contribution in [0.25, 0.3) is 0 Å². The lowest BCUT2D eigenvalue weighted by molar-refractivity contribution is -0.540. The van der Waals surface area contributed by atoms with Gasteiger partial charge in [-0.15, -0.1) is 0 Å². The quantitative estimate of drug-likeness (QED) is 0.323. The first-order valence-corrected chi connectivity index (χ1v) is 11.4. The topological polar surface area (TPSA) is 124 Å². The summed E-state index contributed by atoms with van der Waals surface area (Å²) in [4.78, 5) is 11.7. The standard InChI is InChI=1S/C26H34N2O7/c1-16(2)25(18-9-12-22(33-4)24(14-18)35-6)26(28(30)31)20(29)10-7-19(15-27)17-8-11-21(32-3)23(13-17)34-5/h8-9,11-14,16,19-20,25-26,29H,7,10H2,1-6H3. The van der Waals surface area contributed by atoms with Crippen LogP contribution >= 0.6 is 0 Å². The van der Waals surface area contributed by atoms with Gasteiger partial charge in [0.2, 0.25) is 6.04 Å². The zero-order chi connectivity index (χ0) is 26.1. The van der Waals surface area contributed by atoms with Gasteiger partial charge >= 0.3 is 0 Å². The number of aliphatic hydroxyl groups excluding tert-OH is 1. The Hall–Kier alpha value is -3.51. The van der Waals surface area contributed by atoms with E-state index >= 15 is 0 Å². The van der Waals surface area contributed by atoms with E-state index < -0.39 is 28.9 Å². The van der Waals surface area contributed by atoms with E-state index in [0.29, 0.717) is 34.1 Å². The Bertz CT molecular complexity index is 1030. The maximum Gasteiger partial charge on any atom is 0.245 e. The van der Waals surface area contributed by atoms with Crippen LogP contribution in [0.1, 0.15) is 49.7 Å². The molecule has 0 fully saturated rings. The van der Waals surface area contributed by atoms with E-state index in [-0.39, 0.29) is 18.8 Å². The summed E-state index contributed by atoms with van der Waals surface area (Å²) >= 11 is 0. The number of nitriles is 1. The summed E-state index contributed by atoms with van der Waals surface area (Å²) in [6.07, 6.45) is -0.940. The highest BCUT2D eigenvalue weighted by molar-refractivity contribution is 5.45. The van der Waals surface area contributed by atoms with Gasteiger partial charge in [-0.2, -0.15) is 5.26 Å². The predicted molar refractivity (Wildman–Crippen MR) is 131 cm³/mol. The van der Waals surface area contributed by atoms with Crippen molar-refractivity contribution >= 4 is 0 Å². The van der Waals surface area contributed by atoms with Crippen molar-refractivity contribution in [3.8, 4) is 29.1 Å². The number of benzene rings is 2. The van der Waals surface area contributed by atoms with Gasteiger partial charge in [0.25, 0.3) is 0 Å². The second kappa shape index (κ2) is 12.8. The third-order valence-corrected chi connectivity index (χ3v) is 6.23. The number of rotatable bonds is 13. The molecule has 0 heterocycles. The van der Waals surface area contributed by atoms with Gasteiger partial charge in [-0.3, -0.25) is 10.1 Å². The van der Waals surface area contributed by atoms with Gasteiger partial charge in [-0.25, -0.2) is 0 Å². The summed E-state index contributed by atoms with van der Waals surface area (Å²) in [5.74, 6) is 0.708. The van der Waals surface area contributed by atoms with Gasteiger partial charge in [-0.05, 0) is 54.2 Å². The van der Waals surface area contributed by atoms with Crippen molar-refractivity contribution in [1.29, 1.82) is 5.26 Å². The molecule has 0 radical (unpaired) electrons. The molecule has 4 unspecified atom stereocenters. The highest BCUT2D eigenvalue weighted by Crippen LogP contribution is 2.38. The Balaban J connectivity index is 2.30. The van der Waals surface area contributed by atoms with Crippen molar-refractivity contribution in [1.82, 2.24) is 0 Å². The number of hydrogen-bond donors (Lipinski definition) is 1. The van der Waals surface area contributed by atoms with Crippen LogP contribution in [0.2, 0.25) is 0 Å². The van der Waals surface area contributed by atoms with Gasteiger partial charge in [-0.1, -0.05) is 26.0 Å². The highest BCUT2D eigenvalue weighted by Gasteiger charge is 2.41. The summed E-state index contributed by atoms with van der Waals surface area (Å²) in [6, 6.07) is 11.3. The monoisotopic (exact) mass is 486 g/mol. The van der Waals surface area contributed by atoms with Crippen molar-refractivity contribution < 1.29 is 29.0 Å². The minimum atomic E-state index is -1.27. The van der Waals surface area contributed by atoms with Gasteiger partial charge in [0.1, 0.15) is 6.10 Å². The Labute approximate surface area is 206 Å². The lowest BCUT2D eigenvalue weighted by atomic mass is 9.79. The number of hydrogen-bond acceptors (Lipinski definition) is 8. The maximum atomic E-state index is 12.2. The smallest absolute Gasteiger partial charge is 0.245 e. The molecule has 35 heavy (non-hydrogen) atoms. The normalized spacial score (nSPS) is 14.4. The number of nitrogens with zero attached hydrogens (tertiary/aromatic N) is 2. The van der Waals surface area contributed by atoms with Gasteiger partial charge in [0.05, 0.1) is 46.3 Å². The first kappa shape index (κ1) is 27.7. The summed E-state index contributed by atoms with van der Waals surface area (Å²) in [5.41, 5.74) is 1.37. The Morgan fingerprint density at radius 2 is 1.37 bits per heavy atom. The lowest BCUT2D eigenvalue weighted by Gasteiger charge is -2.28. The first-order chi connectivity index (χ1) is 16.7. The molecule has 0 aliphatic carbocycles. The second-order valence-electron chi connectivity index (χ2n) is 8.60. The Morgan fingerprint density at radius 3 is 1.80 bits per heavy atom. The van der Waals surface area contributed by atoms with Gasteiger partial charge in [0, 0.05) is 4.92 Å². The van der Waals surface area contributed by atoms with Gasteiger partial charge < -0.3 is 24.1 Å². The van der Waals surface area contributed by atoms with Crippen molar-refractivity contribution in [3.63, 3.8) is 0 Å². The molecule has 4 atom stereocenters. The second-order valence-corrected chi connectivity index (χ2v) is 8.60. The molecule has 0 aromatic heterocycles. The molecule has 0 saturated heterocycles. The summed E-state index contributed by atoms with van der Waals surface area (Å²) < 4.78 is 21.2. The van der Waals surface area contributed by atoms with Crippen LogP contribution < -0.4 is 18.9 Å². The third-order valence-electron chi connectivity index (χ3n) is 6.23. The molecule has 1 N–H and O–H groups in total. The van der Waals surface area contributed by atoms with E-state index in [1.807, 2.05) is 13.8 Å².